The molecule has 4 heterocycles. The number of hydrogen-bond acceptors (Lipinski definition) is 6. The lowest BCUT2D eigenvalue weighted by molar-refractivity contribution is 0.108. The number of ether oxygens (including phenoxy) is 1. The number of thioether (sulfide) groups is 1. The van der Waals surface area contributed by atoms with E-state index in [0.29, 0.717) is 12.6 Å². The fourth-order valence-corrected chi connectivity index (χ4v) is 6.24. The molecule has 0 aliphatic carbocycles. The molecule has 0 radical (unpaired) electrons. The lowest BCUT2D eigenvalue weighted by Gasteiger charge is -2.32. The summed E-state index contributed by atoms with van der Waals surface area (Å²) in [6.45, 7) is 7.32. The molecule has 3 aliphatic heterocycles. The van der Waals surface area contributed by atoms with E-state index in [-0.39, 0.29) is 5.54 Å². The first-order valence-corrected chi connectivity index (χ1v) is 12.3. The Balaban J connectivity index is 1.50. The van der Waals surface area contributed by atoms with Crippen LogP contribution in [0.25, 0.3) is 10.9 Å². The van der Waals surface area contributed by atoms with E-state index in [0.717, 1.165) is 51.4 Å². The molecule has 1 aromatic heterocycles. The van der Waals surface area contributed by atoms with Crippen LogP contribution in [0.2, 0.25) is 0 Å². The number of benzene rings is 1. The second-order valence-corrected chi connectivity index (χ2v) is 10.3. The van der Waals surface area contributed by atoms with E-state index in [1.54, 1.807) is 0 Å². The van der Waals surface area contributed by atoms with Crippen LogP contribution in [0.15, 0.2) is 16.6 Å². The van der Waals surface area contributed by atoms with Gasteiger partial charge in [-0.05, 0) is 63.4 Å². The highest BCUT2D eigenvalue weighted by Crippen LogP contribution is 2.39. The second-order valence-electron chi connectivity index (χ2n) is 8.20. The first-order valence-electron chi connectivity index (χ1n) is 10.3. The number of anilines is 1. The maximum absolute atomic E-state index is 6.32. The van der Waals surface area contributed by atoms with Gasteiger partial charge in [0.15, 0.2) is 0 Å². The molecular formula is C21H27BrN4OS. The van der Waals surface area contributed by atoms with E-state index in [1.807, 2.05) is 11.8 Å². The van der Waals surface area contributed by atoms with Gasteiger partial charge in [-0.2, -0.15) is 21.7 Å². The van der Waals surface area contributed by atoms with Crippen molar-refractivity contribution in [2.24, 2.45) is 0 Å². The van der Waals surface area contributed by atoms with Gasteiger partial charge in [0.25, 0.3) is 0 Å². The molecule has 0 bridgehead atoms. The molecule has 0 spiro atoms. The van der Waals surface area contributed by atoms with Gasteiger partial charge in [-0.25, -0.2) is 0 Å². The van der Waals surface area contributed by atoms with Crippen molar-refractivity contribution in [2.75, 3.05) is 49.2 Å². The van der Waals surface area contributed by atoms with Crippen molar-refractivity contribution in [3.05, 3.63) is 22.2 Å². The Labute approximate surface area is 179 Å². The van der Waals surface area contributed by atoms with Crippen molar-refractivity contribution in [3.63, 3.8) is 0 Å². The number of aryl methyl sites for hydroxylation is 1. The van der Waals surface area contributed by atoms with Crippen LogP contribution in [0.3, 0.4) is 0 Å². The van der Waals surface area contributed by atoms with Gasteiger partial charge in [0.1, 0.15) is 12.4 Å². The molecule has 28 heavy (non-hydrogen) atoms. The Bertz CT molecular complexity index is 876. The van der Waals surface area contributed by atoms with Crippen LogP contribution in [0.5, 0.6) is 6.01 Å². The summed E-state index contributed by atoms with van der Waals surface area (Å²) in [5, 5.41) is 1.13. The minimum atomic E-state index is 0.215. The van der Waals surface area contributed by atoms with Gasteiger partial charge in [-0.3, -0.25) is 4.90 Å². The molecule has 0 saturated carbocycles. The van der Waals surface area contributed by atoms with Gasteiger partial charge in [0.2, 0.25) is 0 Å². The lowest BCUT2D eigenvalue weighted by Crippen LogP contribution is -2.43. The summed E-state index contributed by atoms with van der Waals surface area (Å²) in [4.78, 5) is 14.8. The molecule has 0 unspecified atom stereocenters. The molecule has 2 aromatic rings. The third-order valence-corrected chi connectivity index (χ3v) is 8.41. The smallest absolute Gasteiger partial charge is 0.319 e. The highest BCUT2D eigenvalue weighted by Gasteiger charge is 2.45. The van der Waals surface area contributed by atoms with Crippen molar-refractivity contribution in [2.45, 2.75) is 38.1 Å². The van der Waals surface area contributed by atoms with Gasteiger partial charge in [-0.1, -0.05) is 15.9 Å². The third kappa shape index (κ3) is 3.29. The van der Waals surface area contributed by atoms with Crippen LogP contribution in [0.4, 0.5) is 5.82 Å². The van der Waals surface area contributed by atoms with Crippen LogP contribution in [0, 0.1) is 6.92 Å². The fraction of sp³-hybridized carbons (Fsp3) is 0.619. The first-order chi connectivity index (χ1) is 13.7. The predicted octanol–water partition coefficient (Wildman–Crippen LogP) is 4.26. The van der Waals surface area contributed by atoms with E-state index in [4.69, 9.17) is 14.7 Å². The Kier molecular flexibility index (Phi) is 5.18. The molecule has 5 rings (SSSR count). The molecule has 0 N–H and O–H groups in total. The molecule has 0 atom stereocenters. The number of aromatic nitrogens is 2. The van der Waals surface area contributed by atoms with Crippen LogP contribution in [-0.4, -0.2) is 64.7 Å². The summed E-state index contributed by atoms with van der Waals surface area (Å²) in [6, 6.07) is 4.79. The average molecular weight is 463 g/mol. The van der Waals surface area contributed by atoms with Gasteiger partial charge in [0, 0.05) is 34.5 Å². The third-order valence-electron chi connectivity index (χ3n) is 6.61. The quantitative estimate of drug-likeness (QED) is 0.675. The molecule has 0 amide bonds. The molecule has 7 heteroatoms. The van der Waals surface area contributed by atoms with E-state index in [2.05, 4.69) is 44.8 Å². The normalized spacial score (nSPS) is 22.0. The van der Waals surface area contributed by atoms with Gasteiger partial charge in [-0.15, -0.1) is 0 Å². The molecule has 3 saturated heterocycles. The Morgan fingerprint density at radius 3 is 2.61 bits per heavy atom. The number of fused-ring (bicyclic) bond motifs is 2. The van der Waals surface area contributed by atoms with Gasteiger partial charge >= 0.3 is 6.01 Å². The van der Waals surface area contributed by atoms with E-state index in [9.17, 15) is 0 Å². The fourth-order valence-electron chi connectivity index (χ4n) is 5.01. The first kappa shape index (κ1) is 18.9. The van der Waals surface area contributed by atoms with Crippen molar-refractivity contribution in [1.82, 2.24) is 14.9 Å². The van der Waals surface area contributed by atoms with Gasteiger partial charge < -0.3 is 9.64 Å². The summed E-state index contributed by atoms with van der Waals surface area (Å²) in [7, 11) is 0. The van der Waals surface area contributed by atoms with Crippen LogP contribution in [-0.2, 0) is 0 Å². The Morgan fingerprint density at radius 1 is 1.11 bits per heavy atom. The topological polar surface area (TPSA) is 41.5 Å². The lowest BCUT2D eigenvalue weighted by atomic mass is 9.95. The predicted molar refractivity (Wildman–Crippen MR) is 120 cm³/mol. The Morgan fingerprint density at radius 2 is 1.86 bits per heavy atom. The number of nitrogens with zero attached hydrogens (tertiary/aromatic N) is 4. The zero-order valence-corrected chi connectivity index (χ0v) is 18.8. The van der Waals surface area contributed by atoms with Gasteiger partial charge in [0.05, 0.1) is 11.1 Å². The van der Waals surface area contributed by atoms with Crippen LogP contribution in [0.1, 0.15) is 31.2 Å². The highest BCUT2D eigenvalue weighted by molar-refractivity contribution is 9.10. The van der Waals surface area contributed by atoms with Crippen LogP contribution < -0.4 is 9.64 Å². The maximum atomic E-state index is 6.32. The standard InChI is InChI=1S/C21H27BrN4OS/c1-15-17(22)5-4-16-18(15)23-20(24-19(16)25-10-12-28-13-11-25)27-14-21-6-2-8-26(21)9-3-7-21/h4-5H,2-3,6-14H2,1H3. The minimum absolute atomic E-state index is 0.215. The Hall–Kier alpha value is -1.05. The number of hydrogen-bond donors (Lipinski definition) is 0. The summed E-state index contributed by atoms with van der Waals surface area (Å²) in [5.74, 6) is 3.33. The molecule has 150 valence electrons. The molecular weight excluding hydrogens is 436 g/mol. The largest absolute Gasteiger partial charge is 0.461 e. The average Bonchev–Trinajstić information content (AvgIpc) is 3.30. The number of halogens is 1. The van der Waals surface area contributed by atoms with Crippen molar-refractivity contribution >= 4 is 44.4 Å². The molecule has 5 nitrogen and oxygen atoms in total. The van der Waals surface area contributed by atoms with Crippen molar-refractivity contribution < 1.29 is 4.74 Å². The minimum Gasteiger partial charge on any atom is -0.461 e. The molecule has 3 aliphatic rings. The zero-order valence-electron chi connectivity index (χ0n) is 16.4. The second kappa shape index (κ2) is 7.65. The highest BCUT2D eigenvalue weighted by atomic mass is 79.9. The summed E-state index contributed by atoms with van der Waals surface area (Å²) >= 11 is 5.68. The van der Waals surface area contributed by atoms with Crippen molar-refractivity contribution in [1.29, 1.82) is 0 Å². The monoisotopic (exact) mass is 462 g/mol. The molecule has 3 fully saturated rings. The SMILES string of the molecule is Cc1c(Br)ccc2c(N3CCSCC3)nc(OCC34CCCN3CCC4)nc12. The van der Waals surface area contributed by atoms with E-state index < -0.39 is 0 Å². The maximum Gasteiger partial charge on any atom is 0.319 e. The zero-order chi connectivity index (χ0) is 19.1. The summed E-state index contributed by atoms with van der Waals surface area (Å²) in [6.07, 6.45) is 5.04. The van der Waals surface area contributed by atoms with E-state index in [1.165, 1.54) is 38.8 Å². The van der Waals surface area contributed by atoms with Crippen molar-refractivity contribution in [3.8, 4) is 6.01 Å². The van der Waals surface area contributed by atoms with E-state index >= 15 is 0 Å². The van der Waals surface area contributed by atoms with Crippen LogP contribution >= 0.6 is 27.7 Å². The molecule has 1 aromatic carbocycles. The summed E-state index contributed by atoms with van der Waals surface area (Å²) in [5.41, 5.74) is 2.37. The number of rotatable bonds is 4. The summed E-state index contributed by atoms with van der Waals surface area (Å²) < 4.78 is 7.40.